The summed E-state index contributed by atoms with van der Waals surface area (Å²) < 4.78 is 0. The van der Waals surface area contributed by atoms with E-state index in [1.54, 1.807) is 0 Å². The first-order chi connectivity index (χ1) is 8.87. The topological polar surface area (TPSA) is 52.6 Å². The zero-order chi connectivity index (χ0) is 14.5. The molecular formula is C15H30N2O2. The van der Waals surface area contributed by atoms with Crippen molar-refractivity contribution in [3.8, 4) is 0 Å². The summed E-state index contributed by atoms with van der Waals surface area (Å²) in [6.07, 6.45) is 5.06. The van der Waals surface area contributed by atoms with Crippen LogP contribution >= 0.6 is 0 Å². The Morgan fingerprint density at radius 2 is 2.16 bits per heavy atom. The highest BCUT2D eigenvalue weighted by molar-refractivity contribution is 5.78. The Kier molecular flexibility index (Phi) is 6.27. The van der Waals surface area contributed by atoms with Gasteiger partial charge in [0.1, 0.15) is 5.54 Å². The summed E-state index contributed by atoms with van der Waals surface area (Å²) in [5.41, 5.74) is -0.752. The van der Waals surface area contributed by atoms with Crippen molar-refractivity contribution in [1.29, 1.82) is 0 Å². The minimum atomic E-state index is -0.752. The molecule has 0 heterocycles. The summed E-state index contributed by atoms with van der Waals surface area (Å²) in [6, 6.07) is 0.430. The second-order valence-corrected chi connectivity index (χ2v) is 6.44. The van der Waals surface area contributed by atoms with Crippen molar-refractivity contribution in [3.63, 3.8) is 0 Å². The van der Waals surface area contributed by atoms with Crippen LogP contribution < -0.4 is 5.32 Å². The molecule has 0 amide bonds. The van der Waals surface area contributed by atoms with Crippen molar-refractivity contribution < 1.29 is 9.90 Å². The fourth-order valence-electron chi connectivity index (χ4n) is 2.37. The van der Waals surface area contributed by atoms with Gasteiger partial charge in [-0.2, -0.15) is 0 Å². The lowest BCUT2D eigenvalue weighted by Gasteiger charge is -2.28. The van der Waals surface area contributed by atoms with E-state index in [9.17, 15) is 9.90 Å². The van der Waals surface area contributed by atoms with Crippen LogP contribution in [0.3, 0.4) is 0 Å². The molecule has 0 saturated heterocycles. The van der Waals surface area contributed by atoms with Crippen molar-refractivity contribution in [2.24, 2.45) is 5.92 Å². The third-order valence-corrected chi connectivity index (χ3v) is 4.11. The van der Waals surface area contributed by atoms with E-state index in [1.807, 2.05) is 6.92 Å². The normalized spacial score (nSPS) is 20.3. The molecule has 4 heteroatoms. The molecule has 0 bridgehead atoms. The maximum atomic E-state index is 11.4. The monoisotopic (exact) mass is 270 g/mol. The van der Waals surface area contributed by atoms with E-state index >= 15 is 0 Å². The number of hydrogen-bond donors (Lipinski definition) is 2. The number of aliphatic carboxylic acids is 1. The molecule has 1 rings (SSSR count). The number of nitrogens with one attached hydrogen (secondary N) is 1. The molecule has 2 N–H and O–H groups in total. The summed E-state index contributed by atoms with van der Waals surface area (Å²) >= 11 is 0. The van der Waals surface area contributed by atoms with Gasteiger partial charge >= 0.3 is 5.97 Å². The van der Waals surface area contributed by atoms with E-state index in [2.05, 4.69) is 31.1 Å². The summed E-state index contributed by atoms with van der Waals surface area (Å²) in [5, 5.41) is 12.7. The van der Waals surface area contributed by atoms with E-state index in [4.69, 9.17) is 0 Å². The number of carboxylic acids is 1. The molecule has 1 aliphatic carbocycles. The van der Waals surface area contributed by atoms with Gasteiger partial charge in [0.2, 0.25) is 0 Å². The van der Waals surface area contributed by atoms with E-state index < -0.39 is 11.5 Å². The van der Waals surface area contributed by atoms with Crippen LogP contribution in [0, 0.1) is 5.92 Å². The van der Waals surface area contributed by atoms with Crippen LogP contribution in [0.4, 0.5) is 0 Å². The third kappa shape index (κ3) is 5.91. The van der Waals surface area contributed by atoms with Gasteiger partial charge in [0, 0.05) is 12.6 Å². The predicted molar refractivity (Wildman–Crippen MR) is 78.4 cm³/mol. The predicted octanol–water partition coefficient (Wildman–Crippen LogP) is 2.34. The first-order valence-corrected chi connectivity index (χ1v) is 7.57. The van der Waals surface area contributed by atoms with Crippen molar-refractivity contribution in [2.75, 3.05) is 20.1 Å². The molecular weight excluding hydrogens is 240 g/mol. The molecule has 1 aliphatic rings. The second-order valence-electron chi connectivity index (χ2n) is 6.44. The number of carboxylic acid groups (broad SMARTS) is 1. The van der Waals surface area contributed by atoms with E-state index in [1.165, 1.54) is 6.42 Å². The molecule has 112 valence electrons. The first kappa shape index (κ1) is 16.4. The highest BCUT2D eigenvalue weighted by atomic mass is 16.4. The molecule has 2 atom stereocenters. The summed E-state index contributed by atoms with van der Waals surface area (Å²) in [4.78, 5) is 13.7. The molecule has 2 unspecified atom stereocenters. The Hall–Kier alpha value is -0.610. The molecule has 0 aliphatic heterocycles. The molecule has 1 fully saturated rings. The highest BCUT2D eigenvalue weighted by Crippen LogP contribution is 2.25. The Balaban J connectivity index is 2.29. The minimum absolute atomic E-state index is 0.430. The van der Waals surface area contributed by atoms with E-state index in [0.717, 1.165) is 32.4 Å². The van der Waals surface area contributed by atoms with E-state index in [0.29, 0.717) is 18.4 Å². The zero-order valence-electron chi connectivity index (χ0n) is 12.9. The summed E-state index contributed by atoms with van der Waals surface area (Å²) in [6.45, 7) is 8.35. The Bertz CT molecular complexity index is 292. The van der Waals surface area contributed by atoms with Crippen LogP contribution in [0.2, 0.25) is 0 Å². The maximum absolute atomic E-state index is 11.4. The average molecular weight is 270 g/mol. The van der Waals surface area contributed by atoms with Gasteiger partial charge in [-0.25, -0.2) is 0 Å². The minimum Gasteiger partial charge on any atom is -0.480 e. The van der Waals surface area contributed by atoms with Gasteiger partial charge in [0.05, 0.1) is 0 Å². The summed E-state index contributed by atoms with van der Waals surface area (Å²) in [7, 11) is 2.12. The molecule has 0 radical (unpaired) electrons. The van der Waals surface area contributed by atoms with Crippen molar-refractivity contribution in [2.45, 2.75) is 64.5 Å². The van der Waals surface area contributed by atoms with Crippen LogP contribution in [0.5, 0.6) is 0 Å². The third-order valence-electron chi connectivity index (χ3n) is 4.11. The highest BCUT2D eigenvalue weighted by Gasteiger charge is 2.37. The number of rotatable bonds is 10. The fourth-order valence-corrected chi connectivity index (χ4v) is 2.37. The lowest BCUT2D eigenvalue weighted by atomic mass is 9.95. The van der Waals surface area contributed by atoms with E-state index in [-0.39, 0.29) is 0 Å². The number of hydrogen-bond acceptors (Lipinski definition) is 3. The smallest absolute Gasteiger partial charge is 0.323 e. The van der Waals surface area contributed by atoms with Crippen LogP contribution in [0.1, 0.15) is 52.9 Å². The van der Waals surface area contributed by atoms with Gasteiger partial charge in [-0.1, -0.05) is 20.3 Å². The van der Waals surface area contributed by atoms with Crippen molar-refractivity contribution in [3.05, 3.63) is 0 Å². The molecule has 0 aromatic rings. The molecule has 1 saturated carbocycles. The maximum Gasteiger partial charge on any atom is 0.323 e. The SMILES string of the molecule is CCC(C)CN(C)CCCC(C)(NC1CC1)C(=O)O. The van der Waals surface area contributed by atoms with Gasteiger partial charge in [-0.05, 0) is 52.1 Å². The van der Waals surface area contributed by atoms with Crippen molar-refractivity contribution >= 4 is 5.97 Å². The first-order valence-electron chi connectivity index (χ1n) is 7.57. The van der Waals surface area contributed by atoms with Gasteiger partial charge in [-0.3, -0.25) is 10.1 Å². The van der Waals surface area contributed by atoms with Gasteiger partial charge in [0.25, 0.3) is 0 Å². The van der Waals surface area contributed by atoms with Gasteiger partial charge in [0.15, 0.2) is 0 Å². The van der Waals surface area contributed by atoms with Gasteiger partial charge < -0.3 is 10.0 Å². The lowest BCUT2D eigenvalue weighted by molar-refractivity contribution is -0.144. The van der Waals surface area contributed by atoms with Crippen molar-refractivity contribution in [1.82, 2.24) is 10.2 Å². The molecule has 19 heavy (non-hydrogen) atoms. The molecule has 0 aromatic heterocycles. The zero-order valence-corrected chi connectivity index (χ0v) is 12.9. The fraction of sp³-hybridized carbons (Fsp3) is 0.933. The van der Waals surface area contributed by atoms with Crippen LogP contribution in [-0.2, 0) is 4.79 Å². The molecule has 0 aromatic carbocycles. The number of carbonyl (C=O) groups is 1. The molecule has 0 spiro atoms. The molecule has 4 nitrogen and oxygen atoms in total. The second kappa shape index (κ2) is 7.25. The quantitative estimate of drug-likeness (QED) is 0.640. The number of nitrogens with zero attached hydrogens (tertiary/aromatic N) is 1. The Morgan fingerprint density at radius 1 is 1.53 bits per heavy atom. The lowest BCUT2D eigenvalue weighted by Crippen LogP contribution is -2.50. The van der Waals surface area contributed by atoms with Crippen LogP contribution in [-0.4, -0.2) is 47.7 Å². The van der Waals surface area contributed by atoms with Crippen LogP contribution in [0.25, 0.3) is 0 Å². The van der Waals surface area contributed by atoms with Crippen LogP contribution in [0.15, 0.2) is 0 Å². The average Bonchev–Trinajstić information content (AvgIpc) is 3.12. The summed E-state index contributed by atoms with van der Waals surface area (Å²) in [5.74, 6) is -0.00979. The standard InChI is InChI=1S/C15H30N2O2/c1-5-12(2)11-17(4)10-6-9-15(3,14(18)19)16-13-7-8-13/h12-13,16H,5-11H2,1-4H3,(H,18,19). The van der Waals surface area contributed by atoms with Gasteiger partial charge in [-0.15, -0.1) is 0 Å². The Labute approximate surface area is 117 Å². The Morgan fingerprint density at radius 3 is 2.63 bits per heavy atom. The largest absolute Gasteiger partial charge is 0.480 e.